The molecule has 0 bridgehead atoms. The van der Waals surface area contributed by atoms with E-state index in [1.807, 2.05) is 0 Å². The number of aromatic nitrogens is 2. The monoisotopic (exact) mass is 189 g/mol. The number of nitrogens with one attached hydrogen (secondary N) is 1. The van der Waals surface area contributed by atoms with Crippen LogP contribution >= 0.6 is 0 Å². The predicted octanol–water partition coefficient (Wildman–Crippen LogP) is -0.0734. The molecule has 1 aromatic heterocycles. The summed E-state index contributed by atoms with van der Waals surface area (Å²) in [7, 11) is -3.01. The highest BCUT2D eigenvalue weighted by molar-refractivity contribution is 7.90. The maximum absolute atomic E-state index is 11.1. The quantitative estimate of drug-likeness (QED) is 0.696. The Morgan fingerprint density at radius 1 is 1.67 bits per heavy atom. The number of nitrogens with two attached hydrogens (primary N) is 1. The zero-order valence-corrected chi connectivity index (χ0v) is 7.56. The predicted molar refractivity (Wildman–Crippen MR) is 46.2 cm³/mol. The average Bonchev–Trinajstić information content (AvgIpc) is 2.35. The van der Waals surface area contributed by atoms with Gasteiger partial charge in [0.05, 0.1) is 6.20 Å². The van der Waals surface area contributed by atoms with Gasteiger partial charge in [0, 0.05) is 5.75 Å². The first-order valence-corrected chi connectivity index (χ1v) is 5.35. The van der Waals surface area contributed by atoms with Gasteiger partial charge >= 0.3 is 0 Å². The SMILES string of the molecule is CCS(=O)(=O)Cc1ncc(N)[nH]1. The summed E-state index contributed by atoms with van der Waals surface area (Å²) >= 11 is 0. The maximum Gasteiger partial charge on any atom is 0.157 e. The second-order valence-corrected chi connectivity index (χ2v) is 4.81. The zero-order chi connectivity index (χ0) is 9.19. The minimum atomic E-state index is -3.01. The van der Waals surface area contributed by atoms with Gasteiger partial charge in [0.1, 0.15) is 17.4 Å². The van der Waals surface area contributed by atoms with Gasteiger partial charge in [-0.05, 0) is 0 Å². The first-order valence-electron chi connectivity index (χ1n) is 3.53. The Hall–Kier alpha value is -1.04. The fourth-order valence-electron chi connectivity index (χ4n) is 0.762. The van der Waals surface area contributed by atoms with Crippen molar-refractivity contribution in [2.75, 3.05) is 11.5 Å². The van der Waals surface area contributed by atoms with Crippen molar-refractivity contribution in [2.45, 2.75) is 12.7 Å². The lowest BCUT2D eigenvalue weighted by molar-refractivity contribution is 0.595. The lowest BCUT2D eigenvalue weighted by Gasteiger charge is -1.95. The van der Waals surface area contributed by atoms with Crippen molar-refractivity contribution in [1.29, 1.82) is 0 Å². The molecule has 1 aromatic rings. The molecule has 0 aliphatic rings. The lowest BCUT2D eigenvalue weighted by Crippen LogP contribution is -2.07. The van der Waals surface area contributed by atoms with E-state index in [0.717, 1.165) is 0 Å². The smallest absolute Gasteiger partial charge is 0.157 e. The van der Waals surface area contributed by atoms with Crippen LogP contribution in [-0.4, -0.2) is 24.1 Å². The van der Waals surface area contributed by atoms with E-state index in [1.54, 1.807) is 6.92 Å². The standard InChI is InChI=1S/C6H11N3O2S/c1-2-12(10,11)4-6-8-3-5(7)9-6/h3H,2,4,7H2,1H3,(H,8,9). The minimum absolute atomic E-state index is 0.0688. The molecule has 0 atom stereocenters. The molecule has 0 saturated heterocycles. The van der Waals surface area contributed by atoms with Crippen molar-refractivity contribution in [3.8, 4) is 0 Å². The molecule has 0 radical (unpaired) electrons. The third kappa shape index (κ3) is 2.23. The summed E-state index contributed by atoms with van der Waals surface area (Å²) in [5.41, 5.74) is 5.33. The molecule has 0 fully saturated rings. The third-order valence-electron chi connectivity index (χ3n) is 1.44. The Morgan fingerprint density at radius 3 is 2.75 bits per heavy atom. The first kappa shape index (κ1) is 9.05. The van der Waals surface area contributed by atoms with E-state index in [1.165, 1.54) is 6.20 Å². The molecule has 0 aliphatic heterocycles. The number of rotatable bonds is 3. The summed E-state index contributed by atoms with van der Waals surface area (Å²) in [6, 6.07) is 0. The highest BCUT2D eigenvalue weighted by atomic mass is 32.2. The van der Waals surface area contributed by atoms with Crippen LogP contribution in [0, 0.1) is 0 Å². The van der Waals surface area contributed by atoms with Crippen molar-refractivity contribution in [2.24, 2.45) is 0 Å². The number of nitrogen functional groups attached to an aromatic ring is 1. The van der Waals surface area contributed by atoms with E-state index >= 15 is 0 Å². The van der Waals surface area contributed by atoms with Crippen LogP contribution in [0.1, 0.15) is 12.7 Å². The fourth-order valence-corrected chi connectivity index (χ4v) is 1.53. The van der Waals surface area contributed by atoms with Crippen LogP contribution in [0.5, 0.6) is 0 Å². The molecule has 3 N–H and O–H groups in total. The van der Waals surface area contributed by atoms with Crippen LogP contribution in [-0.2, 0) is 15.6 Å². The van der Waals surface area contributed by atoms with E-state index in [-0.39, 0.29) is 11.5 Å². The number of hydrogen-bond donors (Lipinski definition) is 2. The lowest BCUT2D eigenvalue weighted by atomic mass is 10.7. The van der Waals surface area contributed by atoms with E-state index in [2.05, 4.69) is 9.97 Å². The highest BCUT2D eigenvalue weighted by Crippen LogP contribution is 2.03. The molecule has 68 valence electrons. The van der Waals surface area contributed by atoms with Crippen molar-refractivity contribution >= 4 is 15.7 Å². The zero-order valence-electron chi connectivity index (χ0n) is 6.74. The maximum atomic E-state index is 11.1. The van der Waals surface area contributed by atoms with E-state index < -0.39 is 9.84 Å². The van der Waals surface area contributed by atoms with Crippen molar-refractivity contribution < 1.29 is 8.42 Å². The van der Waals surface area contributed by atoms with E-state index in [4.69, 9.17) is 5.73 Å². The highest BCUT2D eigenvalue weighted by Gasteiger charge is 2.10. The Balaban J connectivity index is 2.77. The van der Waals surface area contributed by atoms with Gasteiger partial charge in [-0.1, -0.05) is 6.92 Å². The fraction of sp³-hybridized carbons (Fsp3) is 0.500. The summed E-state index contributed by atoms with van der Waals surface area (Å²) in [4.78, 5) is 6.44. The van der Waals surface area contributed by atoms with E-state index in [0.29, 0.717) is 11.6 Å². The summed E-state index contributed by atoms with van der Waals surface area (Å²) in [5, 5.41) is 0. The van der Waals surface area contributed by atoms with Crippen LogP contribution in [0.3, 0.4) is 0 Å². The number of hydrogen-bond acceptors (Lipinski definition) is 4. The molecular weight excluding hydrogens is 178 g/mol. The molecule has 0 spiro atoms. The van der Waals surface area contributed by atoms with Crippen LogP contribution in [0.4, 0.5) is 5.82 Å². The van der Waals surface area contributed by atoms with Crippen molar-refractivity contribution in [3.05, 3.63) is 12.0 Å². The second kappa shape index (κ2) is 3.14. The number of nitrogens with zero attached hydrogens (tertiary/aromatic N) is 1. The van der Waals surface area contributed by atoms with Gasteiger partial charge in [-0.15, -0.1) is 0 Å². The molecule has 0 aromatic carbocycles. The Kier molecular flexibility index (Phi) is 2.37. The Bertz CT molecular complexity index is 355. The van der Waals surface area contributed by atoms with Crippen LogP contribution in [0.15, 0.2) is 6.20 Å². The summed E-state index contributed by atoms with van der Waals surface area (Å²) in [6.45, 7) is 1.60. The number of aromatic amines is 1. The number of sulfone groups is 1. The van der Waals surface area contributed by atoms with Crippen LogP contribution in [0.25, 0.3) is 0 Å². The van der Waals surface area contributed by atoms with Crippen LogP contribution in [0.2, 0.25) is 0 Å². The summed E-state index contributed by atoms with van der Waals surface area (Å²) < 4.78 is 22.2. The molecule has 0 aliphatic carbocycles. The van der Waals surface area contributed by atoms with Gasteiger partial charge < -0.3 is 10.7 Å². The normalized spacial score (nSPS) is 11.8. The number of H-pyrrole nitrogens is 1. The summed E-state index contributed by atoms with van der Waals surface area (Å²) in [5.74, 6) is 0.833. The molecule has 0 amide bonds. The third-order valence-corrected chi connectivity index (χ3v) is 3.04. The molecule has 5 nitrogen and oxygen atoms in total. The molecule has 0 unspecified atom stereocenters. The molecular formula is C6H11N3O2S. The van der Waals surface area contributed by atoms with Gasteiger partial charge in [-0.3, -0.25) is 0 Å². The van der Waals surface area contributed by atoms with Gasteiger partial charge in [0.2, 0.25) is 0 Å². The van der Waals surface area contributed by atoms with Gasteiger partial charge in [-0.2, -0.15) is 0 Å². The topological polar surface area (TPSA) is 88.8 Å². The molecule has 12 heavy (non-hydrogen) atoms. The Labute approximate surface area is 70.9 Å². The average molecular weight is 189 g/mol. The molecule has 1 heterocycles. The van der Waals surface area contributed by atoms with Crippen molar-refractivity contribution in [1.82, 2.24) is 9.97 Å². The van der Waals surface area contributed by atoms with E-state index in [9.17, 15) is 8.42 Å². The second-order valence-electron chi connectivity index (χ2n) is 2.46. The van der Waals surface area contributed by atoms with Gasteiger partial charge in [-0.25, -0.2) is 13.4 Å². The molecule has 0 saturated carbocycles. The number of anilines is 1. The largest absolute Gasteiger partial charge is 0.384 e. The van der Waals surface area contributed by atoms with Crippen molar-refractivity contribution in [3.63, 3.8) is 0 Å². The molecule has 6 heteroatoms. The van der Waals surface area contributed by atoms with Gasteiger partial charge in [0.15, 0.2) is 9.84 Å². The van der Waals surface area contributed by atoms with Gasteiger partial charge in [0.25, 0.3) is 0 Å². The minimum Gasteiger partial charge on any atom is -0.384 e. The summed E-state index contributed by atoms with van der Waals surface area (Å²) in [6.07, 6.45) is 1.40. The van der Waals surface area contributed by atoms with Crippen LogP contribution < -0.4 is 5.73 Å². The molecule has 1 rings (SSSR count). The Morgan fingerprint density at radius 2 is 2.33 bits per heavy atom. The number of imidazole rings is 1. The first-order chi connectivity index (χ1) is 5.53.